The molecule has 2 aliphatic heterocycles. The largest absolute Gasteiger partial charge is 0.371 e. The zero-order valence-corrected chi connectivity index (χ0v) is 17.1. The molecule has 1 N–H and O–H groups in total. The Hall–Kier alpha value is -0.980. The van der Waals surface area contributed by atoms with E-state index >= 15 is 0 Å². The van der Waals surface area contributed by atoms with Crippen LogP contribution in [0.25, 0.3) is 0 Å². The van der Waals surface area contributed by atoms with E-state index in [1.807, 2.05) is 4.68 Å². The monoisotopic (exact) mass is 388 g/mol. The van der Waals surface area contributed by atoms with Crippen molar-refractivity contribution in [1.82, 2.24) is 20.3 Å². The van der Waals surface area contributed by atoms with Gasteiger partial charge in [0.05, 0.1) is 24.9 Å². The van der Waals surface area contributed by atoms with E-state index in [2.05, 4.69) is 21.8 Å². The van der Waals surface area contributed by atoms with E-state index < -0.39 is 0 Å². The van der Waals surface area contributed by atoms with Gasteiger partial charge in [0.25, 0.3) is 0 Å². The molecule has 6 heteroatoms. The summed E-state index contributed by atoms with van der Waals surface area (Å²) < 4.78 is 14.4. The average molecular weight is 389 g/mol. The molecule has 4 aliphatic rings. The van der Waals surface area contributed by atoms with Gasteiger partial charge in [-0.3, -0.25) is 0 Å². The number of nitrogens with zero attached hydrogens (tertiary/aromatic N) is 3. The normalized spacial score (nSPS) is 34.7. The Morgan fingerprint density at radius 1 is 0.893 bits per heavy atom. The summed E-state index contributed by atoms with van der Waals surface area (Å²) in [6.45, 7) is 2.55. The van der Waals surface area contributed by atoms with Crippen molar-refractivity contribution in [2.45, 2.75) is 94.9 Å². The topological polar surface area (TPSA) is 61.2 Å². The Morgan fingerprint density at radius 2 is 1.61 bits per heavy atom. The van der Waals surface area contributed by atoms with E-state index in [4.69, 9.17) is 9.47 Å². The number of aromatic nitrogens is 3. The number of hydrogen-bond acceptors (Lipinski definition) is 5. The molecule has 4 atom stereocenters. The minimum absolute atomic E-state index is 0.105. The second kappa shape index (κ2) is 8.80. The summed E-state index contributed by atoms with van der Waals surface area (Å²) in [5, 5.41) is 12.7. The molecule has 3 heterocycles. The van der Waals surface area contributed by atoms with Crippen molar-refractivity contribution in [3.05, 3.63) is 11.9 Å². The van der Waals surface area contributed by atoms with Crippen molar-refractivity contribution in [2.24, 2.45) is 11.8 Å². The Balaban J connectivity index is 1.15. The Labute approximate surface area is 168 Å². The van der Waals surface area contributed by atoms with Crippen LogP contribution in [0, 0.1) is 11.8 Å². The molecule has 2 saturated carbocycles. The Morgan fingerprint density at radius 3 is 2.39 bits per heavy atom. The summed E-state index contributed by atoms with van der Waals surface area (Å²) in [7, 11) is 0. The highest BCUT2D eigenvalue weighted by molar-refractivity contribution is 5.03. The highest BCUT2D eigenvalue weighted by atomic mass is 16.6. The van der Waals surface area contributed by atoms with E-state index in [1.54, 1.807) is 0 Å². The average Bonchev–Trinajstić information content (AvgIpc) is 3.45. The number of hydrogen-bond donors (Lipinski definition) is 1. The van der Waals surface area contributed by atoms with Crippen molar-refractivity contribution in [3.8, 4) is 0 Å². The Kier molecular flexibility index (Phi) is 5.98. The highest BCUT2D eigenvalue weighted by Crippen LogP contribution is 2.35. The molecular weight excluding hydrogens is 352 g/mol. The SMILES string of the molecule is c1c(CC2CCCCC2)nnn1[C@@H]1CO[C@@H]2[C@@H]1OC[C@@H]2NCC1CCCCC1. The molecule has 156 valence electrons. The van der Waals surface area contributed by atoms with Crippen molar-refractivity contribution >= 4 is 0 Å². The van der Waals surface area contributed by atoms with Crippen LogP contribution in [-0.2, 0) is 15.9 Å². The molecule has 1 aromatic rings. The molecule has 2 aliphatic carbocycles. The summed E-state index contributed by atoms with van der Waals surface area (Å²) in [5.74, 6) is 1.63. The second-order valence-electron chi connectivity index (χ2n) is 9.58. The van der Waals surface area contributed by atoms with Gasteiger partial charge in [0.15, 0.2) is 0 Å². The molecule has 0 radical (unpaired) electrons. The lowest BCUT2D eigenvalue weighted by atomic mass is 9.86. The van der Waals surface area contributed by atoms with Crippen LogP contribution in [0.2, 0.25) is 0 Å². The lowest BCUT2D eigenvalue weighted by Gasteiger charge is -2.25. The fourth-order valence-corrected chi connectivity index (χ4v) is 5.85. The van der Waals surface area contributed by atoms with Crippen LogP contribution < -0.4 is 5.32 Å². The van der Waals surface area contributed by atoms with Gasteiger partial charge < -0.3 is 14.8 Å². The smallest absolute Gasteiger partial charge is 0.110 e. The van der Waals surface area contributed by atoms with Gasteiger partial charge in [-0.1, -0.05) is 56.6 Å². The second-order valence-corrected chi connectivity index (χ2v) is 9.58. The first-order chi connectivity index (χ1) is 13.9. The van der Waals surface area contributed by atoms with Crippen LogP contribution >= 0.6 is 0 Å². The van der Waals surface area contributed by atoms with Crippen molar-refractivity contribution in [2.75, 3.05) is 19.8 Å². The van der Waals surface area contributed by atoms with E-state index in [1.165, 1.54) is 64.2 Å². The molecule has 0 unspecified atom stereocenters. The lowest BCUT2D eigenvalue weighted by Crippen LogP contribution is -2.43. The van der Waals surface area contributed by atoms with Gasteiger partial charge in [0.1, 0.15) is 18.2 Å². The van der Waals surface area contributed by atoms with Gasteiger partial charge in [0.2, 0.25) is 0 Å². The molecule has 0 spiro atoms. The van der Waals surface area contributed by atoms with E-state index in [0.717, 1.165) is 37.1 Å². The number of fused-ring (bicyclic) bond motifs is 1. The third kappa shape index (κ3) is 4.14. The van der Waals surface area contributed by atoms with Crippen LogP contribution in [0.3, 0.4) is 0 Å². The molecule has 0 bridgehead atoms. The number of nitrogens with one attached hydrogen (secondary N) is 1. The van der Waals surface area contributed by atoms with E-state index in [0.29, 0.717) is 12.6 Å². The first-order valence-corrected chi connectivity index (χ1v) is 11.7. The number of rotatable bonds is 6. The maximum atomic E-state index is 6.18. The van der Waals surface area contributed by atoms with Crippen LogP contribution in [0.1, 0.15) is 75.9 Å². The fraction of sp³-hybridized carbons (Fsp3) is 0.909. The lowest BCUT2D eigenvalue weighted by molar-refractivity contribution is 0.0618. The van der Waals surface area contributed by atoms with E-state index in [9.17, 15) is 0 Å². The van der Waals surface area contributed by atoms with Gasteiger partial charge in [-0.2, -0.15) is 0 Å². The quantitative estimate of drug-likeness (QED) is 0.810. The molecule has 0 aromatic carbocycles. The zero-order valence-electron chi connectivity index (χ0n) is 17.1. The molecule has 6 nitrogen and oxygen atoms in total. The summed E-state index contributed by atoms with van der Waals surface area (Å²) in [5.41, 5.74) is 1.14. The van der Waals surface area contributed by atoms with Crippen molar-refractivity contribution in [3.63, 3.8) is 0 Å². The summed E-state index contributed by atoms with van der Waals surface area (Å²) in [6.07, 6.45) is 17.3. The third-order valence-corrected chi connectivity index (χ3v) is 7.54. The molecule has 2 saturated heterocycles. The minimum Gasteiger partial charge on any atom is -0.371 e. The molecule has 5 rings (SSSR count). The van der Waals surface area contributed by atoms with Crippen LogP contribution in [0.4, 0.5) is 0 Å². The molecule has 4 fully saturated rings. The standard InChI is InChI=1S/C22H36N4O2/c1-3-7-16(8-4-1)11-18-13-26(25-24-18)20-15-28-21-19(14-27-22(20)21)23-12-17-9-5-2-6-10-17/h13,16-17,19-23H,1-12,14-15H2/t19-,20+,21-,22+/m0/s1. The van der Waals surface area contributed by atoms with Crippen molar-refractivity contribution in [1.29, 1.82) is 0 Å². The van der Waals surface area contributed by atoms with Gasteiger partial charge in [-0.25, -0.2) is 4.68 Å². The van der Waals surface area contributed by atoms with Gasteiger partial charge in [0, 0.05) is 6.20 Å². The van der Waals surface area contributed by atoms with Gasteiger partial charge in [-0.05, 0) is 37.6 Å². The summed E-state index contributed by atoms with van der Waals surface area (Å²) in [4.78, 5) is 0. The van der Waals surface area contributed by atoms with Crippen LogP contribution in [0.5, 0.6) is 0 Å². The van der Waals surface area contributed by atoms with Gasteiger partial charge >= 0.3 is 0 Å². The molecule has 0 amide bonds. The van der Waals surface area contributed by atoms with Crippen molar-refractivity contribution < 1.29 is 9.47 Å². The van der Waals surface area contributed by atoms with Crippen LogP contribution in [0.15, 0.2) is 6.20 Å². The van der Waals surface area contributed by atoms with Crippen LogP contribution in [-0.4, -0.2) is 53.0 Å². The molecule has 28 heavy (non-hydrogen) atoms. The maximum Gasteiger partial charge on any atom is 0.110 e. The minimum atomic E-state index is 0.105. The van der Waals surface area contributed by atoms with Gasteiger partial charge in [-0.15, -0.1) is 5.10 Å². The molecule has 1 aromatic heterocycles. The predicted molar refractivity (Wildman–Crippen MR) is 107 cm³/mol. The maximum absolute atomic E-state index is 6.18. The van der Waals surface area contributed by atoms with E-state index in [-0.39, 0.29) is 18.2 Å². The predicted octanol–water partition coefficient (Wildman–Crippen LogP) is 3.28. The third-order valence-electron chi connectivity index (χ3n) is 7.54. The molecular formula is C22H36N4O2. The first kappa shape index (κ1) is 19.0. The summed E-state index contributed by atoms with van der Waals surface area (Å²) in [6, 6.07) is 0.487. The number of ether oxygens (including phenoxy) is 2. The first-order valence-electron chi connectivity index (χ1n) is 11.7. The zero-order chi connectivity index (χ0) is 18.8. The fourth-order valence-electron chi connectivity index (χ4n) is 5.85. The highest BCUT2D eigenvalue weighted by Gasteiger charge is 2.48. The Bertz CT molecular complexity index is 624. The summed E-state index contributed by atoms with van der Waals surface area (Å²) >= 11 is 0.